The molecule has 1 aromatic carbocycles. The van der Waals surface area contributed by atoms with Crippen molar-refractivity contribution in [2.24, 2.45) is 0 Å². The molecule has 0 aliphatic carbocycles. The zero-order valence-corrected chi connectivity index (χ0v) is 22.2. The summed E-state index contributed by atoms with van der Waals surface area (Å²) < 4.78 is 5.83. The second-order valence-corrected chi connectivity index (χ2v) is 9.84. The van der Waals surface area contributed by atoms with Crippen molar-refractivity contribution >= 4 is 0 Å². The van der Waals surface area contributed by atoms with E-state index in [4.69, 9.17) is 4.74 Å². The molecular formula is C31H50N2O. The fourth-order valence-electron chi connectivity index (χ4n) is 4.43. The first kappa shape index (κ1) is 28.3. The summed E-state index contributed by atoms with van der Waals surface area (Å²) in [5.74, 6) is 1.54. The van der Waals surface area contributed by atoms with E-state index in [0.29, 0.717) is 0 Å². The molecule has 3 nitrogen and oxygen atoms in total. The molecule has 0 atom stereocenters. The second kappa shape index (κ2) is 19.4. The number of unbranched alkanes of at least 4 members (excludes halogenated alkanes) is 15. The Kier molecular flexibility index (Phi) is 16.2. The summed E-state index contributed by atoms with van der Waals surface area (Å²) >= 11 is 0. The maximum atomic E-state index is 5.83. The Hall–Kier alpha value is -1.90. The van der Waals surface area contributed by atoms with Gasteiger partial charge in [0.25, 0.3) is 0 Å². The van der Waals surface area contributed by atoms with Gasteiger partial charge < -0.3 is 4.74 Å². The lowest BCUT2D eigenvalue weighted by Gasteiger charge is -2.07. The van der Waals surface area contributed by atoms with Gasteiger partial charge in [-0.15, -0.1) is 0 Å². The summed E-state index contributed by atoms with van der Waals surface area (Å²) in [6.45, 7) is 5.30. The van der Waals surface area contributed by atoms with Crippen molar-refractivity contribution in [2.45, 2.75) is 129 Å². The SMILES string of the molecule is CCCCCCCCCCCc1ccc(-c2ncc(OCCCCCCCCCC)cn2)cc1. The van der Waals surface area contributed by atoms with Crippen LogP contribution in [0.1, 0.15) is 129 Å². The van der Waals surface area contributed by atoms with Crippen LogP contribution in [0.5, 0.6) is 5.75 Å². The Balaban J connectivity index is 1.57. The van der Waals surface area contributed by atoms with Crippen molar-refractivity contribution in [3.8, 4) is 17.1 Å². The van der Waals surface area contributed by atoms with Gasteiger partial charge in [0.05, 0.1) is 19.0 Å². The van der Waals surface area contributed by atoms with Gasteiger partial charge in [-0.05, 0) is 24.8 Å². The van der Waals surface area contributed by atoms with E-state index in [2.05, 4.69) is 48.1 Å². The Morgan fingerprint density at radius 1 is 0.559 bits per heavy atom. The maximum Gasteiger partial charge on any atom is 0.159 e. The molecular weight excluding hydrogens is 416 g/mol. The molecule has 0 saturated heterocycles. The Bertz CT molecular complexity index is 648. The molecule has 190 valence electrons. The molecule has 0 aliphatic rings. The van der Waals surface area contributed by atoms with E-state index in [-0.39, 0.29) is 0 Å². The number of benzene rings is 1. The molecule has 0 radical (unpaired) electrons. The zero-order valence-electron chi connectivity index (χ0n) is 22.2. The third kappa shape index (κ3) is 13.1. The fraction of sp³-hybridized carbons (Fsp3) is 0.677. The molecule has 0 bridgehead atoms. The fourth-order valence-corrected chi connectivity index (χ4v) is 4.43. The lowest BCUT2D eigenvalue weighted by Crippen LogP contribution is -1.99. The van der Waals surface area contributed by atoms with Crippen LogP contribution >= 0.6 is 0 Å². The van der Waals surface area contributed by atoms with Crippen LogP contribution in [0.4, 0.5) is 0 Å². The van der Waals surface area contributed by atoms with Crippen molar-refractivity contribution in [1.29, 1.82) is 0 Å². The minimum absolute atomic E-state index is 0.755. The number of rotatable bonds is 21. The zero-order chi connectivity index (χ0) is 24.1. The maximum absolute atomic E-state index is 5.83. The summed E-state index contributed by atoms with van der Waals surface area (Å²) in [4.78, 5) is 9.04. The van der Waals surface area contributed by atoms with Crippen LogP contribution in [0.15, 0.2) is 36.7 Å². The van der Waals surface area contributed by atoms with E-state index >= 15 is 0 Å². The molecule has 2 rings (SSSR count). The number of ether oxygens (including phenoxy) is 1. The predicted octanol–water partition coefficient (Wildman–Crippen LogP) is 9.74. The van der Waals surface area contributed by atoms with Gasteiger partial charge in [0.1, 0.15) is 0 Å². The van der Waals surface area contributed by atoms with Crippen molar-refractivity contribution in [3.05, 3.63) is 42.2 Å². The van der Waals surface area contributed by atoms with E-state index in [1.807, 2.05) is 12.4 Å². The Labute approximate surface area is 210 Å². The van der Waals surface area contributed by atoms with Gasteiger partial charge in [0.2, 0.25) is 0 Å². The van der Waals surface area contributed by atoms with Crippen LogP contribution < -0.4 is 4.74 Å². The molecule has 0 amide bonds. The average Bonchev–Trinajstić information content (AvgIpc) is 2.87. The molecule has 3 heteroatoms. The summed E-state index contributed by atoms with van der Waals surface area (Å²) in [6, 6.07) is 8.77. The third-order valence-electron chi connectivity index (χ3n) is 6.68. The van der Waals surface area contributed by atoms with Crippen LogP contribution in [-0.2, 0) is 6.42 Å². The molecule has 0 fully saturated rings. The first-order valence-electron chi connectivity index (χ1n) is 14.4. The minimum atomic E-state index is 0.755. The topological polar surface area (TPSA) is 35.0 Å². The molecule has 34 heavy (non-hydrogen) atoms. The van der Waals surface area contributed by atoms with E-state index in [0.717, 1.165) is 30.2 Å². The van der Waals surface area contributed by atoms with Gasteiger partial charge in [-0.1, -0.05) is 134 Å². The molecule has 0 spiro atoms. The van der Waals surface area contributed by atoms with Gasteiger partial charge in [-0.3, -0.25) is 0 Å². The average molecular weight is 467 g/mol. The molecule has 1 heterocycles. The molecule has 0 saturated carbocycles. The molecule has 0 aliphatic heterocycles. The van der Waals surface area contributed by atoms with Gasteiger partial charge in [0, 0.05) is 5.56 Å². The van der Waals surface area contributed by atoms with Crippen molar-refractivity contribution < 1.29 is 4.74 Å². The third-order valence-corrected chi connectivity index (χ3v) is 6.68. The highest BCUT2D eigenvalue weighted by atomic mass is 16.5. The van der Waals surface area contributed by atoms with Gasteiger partial charge >= 0.3 is 0 Å². The van der Waals surface area contributed by atoms with Crippen LogP contribution in [-0.4, -0.2) is 16.6 Å². The predicted molar refractivity (Wildman–Crippen MR) is 147 cm³/mol. The summed E-state index contributed by atoms with van der Waals surface area (Å²) in [5.41, 5.74) is 2.49. The van der Waals surface area contributed by atoms with Gasteiger partial charge in [0.15, 0.2) is 11.6 Å². The van der Waals surface area contributed by atoms with Gasteiger partial charge in [-0.25, -0.2) is 9.97 Å². The van der Waals surface area contributed by atoms with Gasteiger partial charge in [-0.2, -0.15) is 0 Å². The van der Waals surface area contributed by atoms with Crippen molar-refractivity contribution in [1.82, 2.24) is 9.97 Å². The molecule has 2 aromatic rings. The van der Waals surface area contributed by atoms with Crippen LogP contribution in [0.25, 0.3) is 11.4 Å². The molecule has 1 aromatic heterocycles. The van der Waals surface area contributed by atoms with Crippen LogP contribution in [0.3, 0.4) is 0 Å². The Morgan fingerprint density at radius 3 is 1.56 bits per heavy atom. The number of nitrogens with zero attached hydrogens (tertiary/aromatic N) is 2. The number of aromatic nitrogens is 2. The highest BCUT2D eigenvalue weighted by Crippen LogP contribution is 2.19. The summed E-state index contributed by atoms with van der Waals surface area (Å²) in [6.07, 6.45) is 27.7. The molecule has 0 unspecified atom stereocenters. The quantitative estimate of drug-likeness (QED) is 0.172. The lowest BCUT2D eigenvalue weighted by atomic mass is 10.0. The first-order valence-corrected chi connectivity index (χ1v) is 14.4. The van der Waals surface area contributed by atoms with Crippen molar-refractivity contribution in [2.75, 3.05) is 6.61 Å². The van der Waals surface area contributed by atoms with E-state index < -0.39 is 0 Å². The first-order chi connectivity index (χ1) is 16.8. The number of aryl methyl sites for hydroxylation is 1. The van der Waals surface area contributed by atoms with E-state index in [9.17, 15) is 0 Å². The van der Waals surface area contributed by atoms with E-state index in [1.165, 1.54) is 115 Å². The Morgan fingerprint density at radius 2 is 1.03 bits per heavy atom. The highest BCUT2D eigenvalue weighted by Gasteiger charge is 2.03. The van der Waals surface area contributed by atoms with Crippen molar-refractivity contribution in [3.63, 3.8) is 0 Å². The highest BCUT2D eigenvalue weighted by molar-refractivity contribution is 5.55. The summed E-state index contributed by atoms with van der Waals surface area (Å²) in [5, 5.41) is 0. The van der Waals surface area contributed by atoms with Crippen LogP contribution in [0.2, 0.25) is 0 Å². The second-order valence-electron chi connectivity index (χ2n) is 9.84. The normalized spacial score (nSPS) is 11.1. The monoisotopic (exact) mass is 466 g/mol. The standard InChI is InChI=1S/C31H50N2O/c1-3-5-7-9-11-13-14-16-18-20-28-21-23-29(24-22-28)31-32-26-30(27-33-31)34-25-19-17-15-12-10-8-6-4-2/h21-24,26-27H,3-20,25H2,1-2H3. The lowest BCUT2D eigenvalue weighted by molar-refractivity contribution is 0.302. The largest absolute Gasteiger partial charge is 0.490 e. The minimum Gasteiger partial charge on any atom is -0.490 e. The molecule has 0 N–H and O–H groups in total. The summed E-state index contributed by atoms with van der Waals surface area (Å²) in [7, 11) is 0. The van der Waals surface area contributed by atoms with E-state index in [1.54, 1.807) is 0 Å². The number of hydrogen-bond acceptors (Lipinski definition) is 3. The smallest absolute Gasteiger partial charge is 0.159 e. The number of hydrogen-bond donors (Lipinski definition) is 0. The van der Waals surface area contributed by atoms with Crippen LogP contribution in [0, 0.1) is 0 Å².